The van der Waals surface area contributed by atoms with Crippen LogP contribution in [-0.2, 0) is 20.7 Å². The van der Waals surface area contributed by atoms with Crippen molar-refractivity contribution in [2.24, 2.45) is 23.0 Å². The van der Waals surface area contributed by atoms with Crippen molar-refractivity contribution in [2.45, 2.75) is 110 Å². The molecule has 10 heteroatoms. The molecule has 0 spiro atoms. The number of Topliss-reactive ketones (excluding diaryl/α,β-unsaturated/α-hetero) is 1. The maximum Gasteiger partial charge on any atom is 0.309 e. The van der Waals surface area contributed by atoms with Gasteiger partial charge in [0.05, 0.1) is 41.4 Å². The lowest BCUT2D eigenvalue weighted by Crippen LogP contribution is -2.45. The molecule has 0 radical (unpaired) electrons. The van der Waals surface area contributed by atoms with Crippen LogP contribution in [0.1, 0.15) is 84.3 Å². The molecule has 2 aliphatic heterocycles. The van der Waals surface area contributed by atoms with Crippen LogP contribution in [-0.4, -0.2) is 86.5 Å². The van der Waals surface area contributed by atoms with E-state index >= 15 is 0 Å². The summed E-state index contributed by atoms with van der Waals surface area (Å²) in [6.45, 7) is 12.1. The van der Waals surface area contributed by atoms with E-state index in [1.54, 1.807) is 32.1 Å². The number of carbonyl (C=O) groups is 2. The van der Waals surface area contributed by atoms with Crippen molar-refractivity contribution < 1.29 is 29.6 Å². The minimum Gasteiger partial charge on any atom is -0.458 e. The van der Waals surface area contributed by atoms with Gasteiger partial charge in [-0.15, -0.1) is 11.3 Å². The number of nitrogens with two attached hydrogens (primary N) is 1. The van der Waals surface area contributed by atoms with Crippen molar-refractivity contribution in [3.8, 4) is 0 Å². The SMILES string of the molecule is C/C(=C\c1csc(CCN)n1)[C@@H]1C[C@@H]2N(CCO)[C@]2(C)CCC[C@H](C)[C@H](O)[C@@H](C)C(=O)C(C)(C)[C@@H](O)CC(=O)O1. The minimum atomic E-state index is -1.26. The van der Waals surface area contributed by atoms with Crippen LogP contribution in [0.4, 0.5) is 0 Å². The Kier molecular flexibility index (Phi) is 11.1. The van der Waals surface area contributed by atoms with Gasteiger partial charge in [-0.3, -0.25) is 14.5 Å². The zero-order chi connectivity index (χ0) is 29.8. The first-order valence-electron chi connectivity index (χ1n) is 14.6. The molecular weight excluding hydrogens is 530 g/mol. The second-order valence-corrected chi connectivity index (χ2v) is 13.5. The maximum absolute atomic E-state index is 13.4. The lowest BCUT2D eigenvalue weighted by Gasteiger charge is -2.34. The van der Waals surface area contributed by atoms with Gasteiger partial charge in [0.1, 0.15) is 11.9 Å². The molecule has 0 saturated carbocycles. The third-order valence-electron chi connectivity index (χ3n) is 9.22. The summed E-state index contributed by atoms with van der Waals surface area (Å²) in [5.74, 6) is -1.64. The monoisotopic (exact) mass is 579 g/mol. The summed E-state index contributed by atoms with van der Waals surface area (Å²) in [5.41, 5.74) is 5.89. The standard InChI is InChI=1S/C30H49N3O6S/c1-18-8-7-10-30(6)23(33(30)12-13-34)15-22(19(2)14-21-17-40-25(32-21)9-11-31)39-26(36)16-24(35)29(4,5)28(38)20(3)27(18)37/h14,17-18,20,22-24,27,34-35,37H,7-13,15-16,31H2,1-6H3/b19-14+/t18-,20+,22-,23-,24-,27-,30+,33?/m0/s1. The Morgan fingerprint density at radius 3 is 2.62 bits per heavy atom. The van der Waals surface area contributed by atoms with Crippen LogP contribution in [0.15, 0.2) is 11.0 Å². The van der Waals surface area contributed by atoms with E-state index in [2.05, 4.69) is 16.8 Å². The maximum atomic E-state index is 13.4. The van der Waals surface area contributed by atoms with Crippen LogP contribution in [0.2, 0.25) is 0 Å². The third kappa shape index (κ3) is 7.38. The fourth-order valence-electron chi connectivity index (χ4n) is 6.25. The van der Waals surface area contributed by atoms with E-state index in [4.69, 9.17) is 10.5 Å². The smallest absolute Gasteiger partial charge is 0.309 e. The van der Waals surface area contributed by atoms with Crippen molar-refractivity contribution in [1.82, 2.24) is 9.88 Å². The van der Waals surface area contributed by atoms with Crippen LogP contribution in [0.25, 0.3) is 6.08 Å². The summed E-state index contributed by atoms with van der Waals surface area (Å²) in [6, 6.07) is 0.0963. The molecule has 1 aromatic rings. The van der Waals surface area contributed by atoms with Crippen LogP contribution in [0.3, 0.4) is 0 Å². The number of carbonyl (C=O) groups excluding carboxylic acids is 2. The van der Waals surface area contributed by atoms with Crippen LogP contribution < -0.4 is 5.73 Å². The summed E-state index contributed by atoms with van der Waals surface area (Å²) in [6.07, 6.45) is 2.64. The van der Waals surface area contributed by atoms with Crippen molar-refractivity contribution in [3.05, 3.63) is 21.7 Å². The van der Waals surface area contributed by atoms with E-state index in [9.17, 15) is 24.9 Å². The van der Waals surface area contributed by atoms with Gasteiger partial charge < -0.3 is 25.8 Å². The topological polar surface area (TPSA) is 146 Å². The van der Waals surface area contributed by atoms with E-state index < -0.39 is 35.6 Å². The second-order valence-electron chi connectivity index (χ2n) is 12.6. The zero-order valence-corrected chi connectivity index (χ0v) is 25.7. The molecule has 40 heavy (non-hydrogen) atoms. The van der Waals surface area contributed by atoms with Gasteiger partial charge in [-0.1, -0.05) is 34.1 Å². The summed E-state index contributed by atoms with van der Waals surface area (Å²) in [4.78, 5) is 33.4. The number of aromatic nitrogens is 1. The first-order valence-corrected chi connectivity index (χ1v) is 15.4. The fraction of sp³-hybridized carbons (Fsp3) is 0.767. The summed E-state index contributed by atoms with van der Waals surface area (Å²) < 4.78 is 6.01. The molecule has 0 aliphatic carbocycles. The van der Waals surface area contributed by atoms with Gasteiger partial charge in [-0.05, 0) is 50.8 Å². The van der Waals surface area contributed by atoms with E-state index in [0.717, 1.165) is 35.5 Å². The number of aliphatic hydroxyl groups excluding tert-OH is 3. The highest BCUT2D eigenvalue weighted by Gasteiger charge is 2.58. The molecule has 1 unspecified atom stereocenters. The van der Waals surface area contributed by atoms with Gasteiger partial charge in [0.25, 0.3) is 0 Å². The second kappa shape index (κ2) is 13.5. The normalized spacial score (nSPS) is 36.1. The third-order valence-corrected chi connectivity index (χ3v) is 10.2. The van der Waals surface area contributed by atoms with E-state index in [1.165, 1.54) is 0 Å². The molecule has 1 aromatic heterocycles. The van der Waals surface area contributed by atoms with Gasteiger partial charge in [0, 0.05) is 42.3 Å². The Morgan fingerprint density at radius 2 is 1.98 bits per heavy atom. The molecule has 9 nitrogen and oxygen atoms in total. The number of hydrogen-bond acceptors (Lipinski definition) is 10. The summed E-state index contributed by atoms with van der Waals surface area (Å²) in [7, 11) is 0. The van der Waals surface area contributed by atoms with Gasteiger partial charge in [0.2, 0.25) is 0 Å². The first-order chi connectivity index (χ1) is 18.8. The van der Waals surface area contributed by atoms with Gasteiger partial charge in [-0.25, -0.2) is 4.98 Å². The van der Waals surface area contributed by atoms with Crippen LogP contribution in [0, 0.1) is 17.3 Å². The molecule has 3 rings (SSSR count). The highest BCUT2D eigenvalue weighted by atomic mass is 32.1. The van der Waals surface area contributed by atoms with Crippen molar-refractivity contribution >= 4 is 29.2 Å². The zero-order valence-electron chi connectivity index (χ0n) is 24.9. The van der Waals surface area contributed by atoms with Gasteiger partial charge >= 0.3 is 5.97 Å². The number of nitrogens with zero attached hydrogens (tertiary/aromatic N) is 2. The average Bonchev–Trinajstić information content (AvgIpc) is 3.19. The number of hydrogen-bond donors (Lipinski definition) is 4. The lowest BCUT2D eigenvalue weighted by molar-refractivity contribution is -0.154. The number of rotatable bonds is 6. The Hall–Kier alpha value is -1.69. The molecule has 2 saturated heterocycles. The highest BCUT2D eigenvalue weighted by molar-refractivity contribution is 7.09. The van der Waals surface area contributed by atoms with Crippen molar-refractivity contribution in [1.29, 1.82) is 0 Å². The summed E-state index contributed by atoms with van der Waals surface area (Å²) in [5, 5.41) is 34.6. The van der Waals surface area contributed by atoms with Crippen molar-refractivity contribution in [3.63, 3.8) is 0 Å². The Balaban J connectivity index is 1.92. The largest absolute Gasteiger partial charge is 0.458 e. The number of esters is 1. The lowest BCUT2D eigenvalue weighted by atomic mass is 9.73. The van der Waals surface area contributed by atoms with E-state index in [1.807, 2.05) is 25.3 Å². The molecule has 5 N–H and O–H groups in total. The average molecular weight is 580 g/mol. The van der Waals surface area contributed by atoms with Crippen LogP contribution >= 0.6 is 11.3 Å². The predicted molar refractivity (Wildman–Crippen MR) is 157 cm³/mol. The first kappa shape index (κ1) is 32.8. The number of β-amino-alcohol motifs (C(OH)–C–C–N with tert-alkyl or cyclic N) is 1. The molecule has 2 aliphatic rings. The molecule has 0 bridgehead atoms. The van der Waals surface area contributed by atoms with Gasteiger partial charge in [0.15, 0.2) is 0 Å². The minimum absolute atomic E-state index is 0.0319. The molecule has 226 valence electrons. The predicted octanol–water partition coefficient (Wildman–Crippen LogP) is 2.95. The van der Waals surface area contributed by atoms with Crippen LogP contribution in [0.5, 0.6) is 0 Å². The Bertz CT molecular complexity index is 1060. The number of cyclic esters (lactones) is 1. The number of thiazole rings is 1. The Morgan fingerprint density at radius 1 is 1.27 bits per heavy atom. The summed E-state index contributed by atoms with van der Waals surface area (Å²) >= 11 is 1.54. The molecule has 0 amide bonds. The van der Waals surface area contributed by atoms with Crippen molar-refractivity contribution in [2.75, 3.05) is 19.7 Å². The number of ether oxygens (including phenoxy) is 1. The van der Waals surface area contributed by atoms with E-state index in [-0.39, 0.29) is 36.3 Å². The van der Waals surface area contributed by atoms with E-state index in [0.29, 0.717) is 25.9 Å². The van der Waals surface area contributed by atoms with Gasteiger partial charge in [-0.2, -0.15) is 0 Å². The molecule has 0 aromatic carbocycles. The number of aliphatic hydroxyl groups is 3. The molecule has 2 fully saturated rings. The number of ketones is 1. The molecule has 3 heterocycles. The Labute approximate surface area is 242 Å². The molecular formula is C30H49N3O6S. The molecule has 8 atom stereocenters. The fourth-order valence-corrected chi connectivity index (χ4v) is 7.02. The highest BCUT2D eigenvalue weighted by Crippen LogP contribution is 2.48. The quantitative estimate of drug-likeness (QED) is 0.295. The number of fused-ring (bicyclic) bond motifs is 1.